The first-order valence-corrected chi connectivity index (χ1v) is 9.20. The van der Waals surface area contributed by atoms with Crippen LogP contribution in [0.1, 0.15) is 19.3 Å². The molecule has 7 heteroatoms. The summed E-state index contributed by atoms with van der Waals surface area (Å²) in [5.74, 6) is 0. The van der Waals surface area contributed by atoms with Crippen LogP contribution < -0.4 is 0 Å². The molecule has 2 aliphatic heterocycles. The molecule has 0 bridgehead atoms. The lowest BCUT2D eigenvalue weighted by atomic mass is 10.2. The zero-order valence-electron chi connectivity index (χ0n) is 10.7. The summed E-state index contributed by atoms with van der Waals surface area (Å²) in [4.78, 5) is 2.30. The maximum Gasteiger partial charge on any atom is 0.282 e. The zero-order valence-corrected chi connectivity index (χ0v) is 13.1. The van der Waals surface area contributed by atoms with Crippen molar-refractivity contribution in [2.24, 2.45) is 0 Å². The molecule has 0 saturated carbocycles. The number of halogens is 1. The van der Waals surface area contributed by atoms with Gasteiger partial charge in [-0.05, 0) is 12.8 Å². The Labute approximate surface area is 118 Å². The average Bonchev–Trinajstić information content (AvgIpc) is 2.41. The SMILES string of the molecule is O=S(=O)(N1CCCCC1)N1CCN(CCBr)CC1. The molecule has 0 radical (unpaired) electrons. The van der Waals surface area contributed by atoms with Crippen molar-refractivity contribution in [3.63, 3.8) is 0 Å². The minimum Gasteiger partial charge on any atom is -0.300 e. The molecule has 0 atom stereocenters. The Morgan fingerprint density at radius 2 is 1.39 bits per heavy atom. The van der Waals surface area contributed by atoms with Gasteiger partial charge in [-0.1, -0.05) is 22.4 Å². The van der Waals surface area contributed by atoms with E-state index < -0.39 is 10.2 Å². The van der Waals surface area contributed by atoms with Crippen molar-refractivity contribution in [1.29, 1.82) is 0 Å². The van der Waals surface area contributed by atoms with Crippen LogP contribution in [0.5, 0.6) is 0 Å². The van der Waals surface area contributed by atoms with Crippen LogP contribution >= 0.6 is 15.9 Å². The molecule has 0 unspecified atom stereocenters. The summed E-state index contributed by atoms with van der Waals surface area (Å²) in [7, 11) is -3.20. The first-order valence-electron chi connectivity index (χ1n) is 6.68. The Kier molecular flexibility index (Phi) is 5.44. The molecule has 0 aromatic carbocycles. The monoisotopic (exact) mass is 339 g/mol. The first kappa shape index (κ1) is 14.7. The molecule has 0 amide bonds. The molecule has 0 spiro atoms. The van der Waals surface area contributed by atoms with E-state index in [1.54, 1.807) is 8.61 Å². The molecule has 2 aliphatic rings. The number of rotatable bonds is 4. The third kappa shape index (κ3) is 3.45. The second-order valence-corrected chi connectivity index (χ2v) is 7.62. The summed E-state index contributed by atoms with van der Waals surface area (Å²) in [5, 5.41) is 0.950. The van der Waals surface area contributed by atoms with Crippen molar-refractivity contribution in [3.05, 3.63) is 0 Å². The first-order chi connectivity index (χ1) is 8.64. The molecule has 0 N–H and O–H groups in total. The van der Waals surface area contributed by atoms with E-state index in [1.165, 1.54) is 0 Å². The van der Waals surface area contributed by atoms with Crippen molar-refractivity contribution in [1.82, 2.24) is 13.5 Å². The molecule has 106 valence electrons. The van der Waals surface area contributed by atoms with Gasteiger partial charge in [-0.3, -0.25) is 4.90 Å². The van der Waals surface area contributed by atoms with Gasteiger partial charge >= 0.3 is 0 Å². The van der Waals surface area contributed by atoms with Gasteiger partial charge in [0.15, 0.2) is 0 Å². The van der Waals surface area contributed by atoms with Gasteiger partial charge in [0.1, 0.15) is 0 Å². The van der Waals surface area contributed by atoms with Crippen LogP contribution in [-0.4, -0.2) is 73.1 Å². The van der Waals surface area contributed by atoms with Crippen molar-refractivity contribution < 1.29 is 8.42 Å². The van der Waals surface area contributed by atoms with Gasteiger partial charge in [0, 0.05) is 51.1 Å². The topological polar surface area (TPSA) is 43.9 Å². The van der Waals surface area contributed by atoms with Crippen molar-refractivity contribution in [2.45, 2.75) is 19.3 Å². The highest BCUT2D eigenvalue weighted by Crippen LogP contribution is 2.17. The lowest BCUT2D eigenvalue weighted by Crippen LogP contribution is -2.54. The van der Waals surface area contributed by atoms with Gasteiger partial charge in [-0.15, -0.1) is 0 Å². The van der Waals surface area contributed by atoms with Gasteiger partial charge < -0.3 is 0 Å². The fourth-order valence-corrected chi connectivity index (χ4v) is 4.73. The normalized spacial score (nSPS) is 25.4. The Morgan fingerprint density at radius 1 is 0.833 bits per heavy atom. The fourth-order valence-electron chi connectivity index (χ4n) is 2.56. The highest BCUT2D eigenvalue weighted by atomic mass is 79.9. The van der Waals surface area contributed by atoms with Gasteiger partial charge in [-0.25, -0.2) is 0 Å². The highest BCUT2D eigenvalue weighted by Gasteiger charge is 2.32. The standard InChI is InChI=1S/C11H22BrN3O2S/c12-4-7-13-8-10-15(11-9-13)18(16,17)14-5-2-1-3-6-14/h1-11H2. The predicted molar refractivity (Wildman–Crippen MR) is 76.2 cm³/mol. The molecular weight excluding hydrogens is 318 g/mol. The molecular formula is C11H22BrN3O2S. The van der Waals surface area contributed by atoms with Crippen LogP contribution in [0.25, 0.3) is 0 Å². The lowest BCUT2D eigenvalue weighted by molar-refractivity contribution is 0.187. The third-order valence-corrected chi connectivity index (χ3v) is 6.09. The van der Waals surface area contributed by atoms with E-state index in [-0.39, 0.29) is 0 Å². The van der Waals surface area contributed by atoms with Gasteiger partial charge in [0.05, 0.1) is 0 Å². The molecule has 5 nitrogen and oxygen atoms in total. The molecule has 2 rings (SSSR count). The summed E-state index contributed by atoms with van der Waals surface area (Å²) < 4.78 is 28.2. The van der Waals surface area contributed by atoms with Gasteiger partial charge in [0.2, 0.25) is 0 Å². The Hall–Kier alpha value is 0.310. The molecule has 2 fully saturated rings. The van der Waals surface area contributed by atoms with E-state index >= 15 is 0 Å². The minimum atomic E-state index is -3.20. The molecule has 2 heterocycles. The van der Waals surface area contributed by atoms with Crippen LogP contribution in [0, 0.1) is 0 Å². The van der Waals surface area contributed by atoms with Crippen molar-refractivity contribution in [3.8, 4) is 0 Å². The Morgan fingerprint density at radius 3 is 1.94 bits per heavy atom. The zero-order chi connectivity index (χ0) is 13.0. The quantitative estimate of drug-likeness (QED) is 0.709. The molecule has 18 heavy (non-hydrogen) atoms. The second-order valence-electron chi connectivity index (χ2n) is 4.90. The lowest BCUT2D eigenvalue weighted by Gasteiger charge is -2.37. The van der Waals surface area contributed by atoms with E-state index in [0.29, 0.717) is 26.2 Å². The third-order valence-electron chi connectivity index (χ3n) is 3.70. The number of hydrogen-bond acceptors (Lipinski definition) is 3. The van der Waals surface area contributed by atoms with Crippen LogP contribution in [0.2, 0.25) is 0 Å². The molecule has 0 aromatic heterocycles. The summed E-state index contributed by atoms with van der Waals surface area (Å²) >= 11 is 3.42. The fraction of sp³-hybridized carbons (Fsp3) is 1.00. The van der Waals surface area contributed by atoms with Gasteiger partial charge in [-0.2, -0.15) is 17.0 Å². The van der Waals surface area contributed by atoms with E-state index in [4.69, 9.17) is 0 Å². The summed E-state index contributed by atoms with van der Waals surface area (Å²) in [6.45, 7) is 5.35. The average molecular weight is 340 g/mol. The molecule has 0 aromatic rings. The predicted octanol–water partition coefficient (Wildman–Crippen LogP) is 0.730. The van der Waals surface area contributed by atoms with E-state index in [2.05, 4.69) is 20.8 Å². The molecule has 2 saturated heterocycles. The van der Waals surface area contributed by atoms with E-state index in [1.807, 2.05) is 0 Å². The number of hydrogen-bond donors (Lipinski definition) is 0. The summed E-state index contributed by atoms with van der Waals surface area (Å²) in [5.41, 5.74) is 0. The second kappa shape index (κ2) is 6.65. The maximum atomic E-state index is 12.4. The maximum absolute atomic E-state index is 12.4. The summed E-state index contributed by atoms with van der Waals surface area (Å²) in [6, 6.07) is 0. The minimum absolute atomic E-state index is 0.631. The van der Waals surface area contributed by atoms with Gasteiger partial charge in [0.25, 0.3) is 10.2 Å². The number of piperazine rings is 1. The van der Waals surface area contributed by atoms with Crippen LogP contribution in [0.15, 0.2) is 0 Å². The van der Waals surface area contributed by atoms with Crippen LogP contribution in [0.4, 0.5) is 0 Å². The number of nitrogens with zero attached hydrogens (tertiary/aromatic N) is 3. The smallest absolute Gasteiger partial charge is 0.282 e. The van der Waals surface area contributed by atoms with Crippen molar-refractivity contribution >= 4 is 26.1 Å². The molecule has 0 aliphatic carbocycles. The van der Waals surface area contributed by atoms with Crippen molar-refractivity contribution in [2.75, 3.05) is 51.1 Å². The van der Waals surface area contributed by atoms with Crippen LogP contribution in [0.3, 0.4) is 0 Å². The summed E-state index contributed by atoms with van der Waals surface area (Å²) in [6.07, 6.45) is 3.16. The Bertz CT molecular complexity index is 349. The number of piperidine rings is 1. The highest BCUT2D eigenvalue weighted by molar-refractivity contribution is 9.09. The largest absolute Gasteiger partial charge is 0.300 e. The van der Waals surface area contributed by atoms with E-state index in [9.17, 15) is 8.42 Å². The van der Waals surface area contributed by atoms with Crippen LogP contribution in [-0.2, 0) is 10.2 Å². The Balaban J connectivity index is 1.91. The number of alkyl halides is 1. The van der Waals surface area contributed by atoms with E-state index in [0.717, 1.165) is 44.2 Å².